The minimum Gasteiger partial charge on any atom is -0.367 e. The Labute approximate surface area is 157 Å². The third-order valence-corrected chi connectivity index (χ3v) is 5.75. The van der Waals surface area contributed by atoms with Crippen LogP contribution in [0.2, 0.25) is 0 Å². The summed E-state index contributed by atoms with van der Waals surface area (Å²) in [6.45, 7) is 7.58. The molecule has 4 rings (SSSR count). The minimum atomic E-state index is 0.325. The van der Waals surface area contributed by atoms with Gasteiger partial charge >= 0.3 is 0 Å². The van der Waals surface area contributed by atoms with E-state index in [2.05, 4.69) is 61.3 Å². The van der Waals surface area contributed by atoms with Gasteiger partial charge in [-0.2, -0.15) is 0 Å². The molecule has 2 aromatic rings. The fourth-order valence-corrected chi connectivity index (χ4v) is 4.20. The second-order valence-corrected chi connectivity index (χ2v) is 8.20. The van der Waals surface area contributed by atoms with E-state index in [9.17, 15) is 0 Å². The zero-order valence-electron chi connectivity index (χ0n) is 16.2. The van der Waals surface area contributed by atoms with Crippen molar-refractivity contribution in [1.82, 2.24) is 9.97 Å². The summed E-state index contributed by atoms with van der Waals surface area (Å²) in [5, 5.41) is 3.67. The fraction of sp³-hybridized carbons (Fsp3) is 0.545. The first-order valence-corrected chi connectivity index (χ1v) is 10.1. The fourth-order valence-electron chi connectivity index (χ4n) is 4.20. The lowest BCUT2D eigenvalue weighted by molar-refractivity contribution is 0.583. The molecule has 1 aromatic carbocycles. The summed E-state index contributed by atoms with van der Waals surface area (Å²) in [5.74, 6) is 3.32. The van der Waals surface area contributed by atoms with Crippen LogP contribution in [0.4, 0.5) is 11.6 Å². The number of aromatic nitrogens is 2. The topological polar surface area (TPSA) is 41.1 Å². The molecule has 26 heavy (non-hydrogen) atoms. The molecule has 4 nitrogen and oxygen atoms in total. The van der Waals surface area contributed by atoms with Crippen LogP contribution in [0.1, 0.15) is 69.3 Å². The van der Waals surface area contributed by atoms with E-state index in [-0.39, 0.29) is 0 Å². The van der Waals surface area contributed by atoms with Crippen LogP contribution in [-0.2, 0) is 13.0 Å². The Hall–Kier alpha value is -2.10. The number of anilines is 2. The van der Waals surface area contributed by atoms with Gasteiger partial charge in [-0.15, -0.1) is 0 Å². The molecule has 0 saturated heterocycles. The van der Waals surface area contributed by atoms with E-state index in [0.717, 1.165) is 30.4 Å². The average molecular weight is 351 g/mol. The van der Waals surface area contributed by atoms with Crippen LogP contribution in [0, 0.1) is 0 Å². The van der Waals surface area contributed by atoms with Crippen LogP contribution in [0.3, 0.4) is 0 Å². The Morgan fingerprint density at radius 3 is 2.54 bits per heavy atom. The molecule has 1 fully saturated rings. The highest BCUT2D eigenvalue weighted by Crippen LogP contribution is 2.30. The average Bonchev–Trinajstić information content (AvgIpc) is 3.13. The number of nitrogens with zero attached hydrogens (tertiary/aromatic N) is 3. The highest BCUT2D eigenvalue weighted by molar-refractivity contribution is 5.53. The van der Waals surface area contributed by atoms with Crippen LogP contribution in [0.25, 0.3) is 0 Å². The molecule has 0 radical (unpaired) electrons. The zero-order valence-corrected chi connectivity index (χ0v) is 16.2. The minimum absolute atomic E-state index is 0.325. The van der Waals surface area contributed by atoms with Crippen LogP contribution < -0.4 is 10.2 Å². The van der Waals surface area contributed by atoms with Gasteiger partial charge in [-0.25, -0.2) is 9.97 Å². The molecule has 4 heteroatoms. The molecule has 1 N–H and O–H groups in total. The molecular weight excluding hydrogens is 320 g/mol. The number of nitrogens with one attached hydrogen (secondary N) is 1. The van der Waals surface area contributed by atoms with Crippen LogP contribution >= 0.6 is 0 Å². The van der Waals surface area contributed by atoms with E-state index < -0.39 is 0 Å². The van der Waals surface area contributed by atoms with E-state index in [1.165, 1.54) is 36.8 Å². The summed E-state index contributed by atoms with van der Waals surface area (Å²) in [7, 11) is 0. The Bertz CT molecular complexity index is 764. The van der Waals surface area contributed by atoms with Crippen molar-refractivity contribution in [3.8, 4) is 0 Å². The molecule has 0 spiro atoms. The van der Waals surface area contributed by atoms with Gasteiger partial charge in [0.25, 0.3) is 0 Å². The molecule has 1 saturated carbocycles. The van der Waals surface area contributed by atoms with Crippen LogP contribution in [0.15, 0.2) is 30.3 Å². The number of rotatable bonds is 4. The molecular formula is C22H30N4. The number of benzene rings is 1. The molecule has 2 aliphatic rings. The maximum Gasteiger partial charge on any atom is 0.135 e. The van der Waals surface area contributed by atoms with Gasteiger partial charge in [-0.3, -0.25) is 0 Å². The van der Waals surface area contributed by atoms with E-state index in [0.29, 0.717) is 18.0 Å². The van der Waals surface area contributed by atoms with Crippen molar-refractivity contribution in [1.29, 1.82) is 0 Å². The van der Waals surface area contributed by atoms with Crippen molar-refractivity contribution in [3.05, 3.63) is 47.3 Å². The highest BCUT2D eigenvalue weighted by atomic mass is 15.2. The van der Waals surface area contributed by atoms with Crippen molar-refractivity contribution in [2.24, 2.45) is 0 Å². The Kier molecular flexibility index (Phi) is 4.84. The number of fused-ring (bicyclic) bond motifs is 1. The summed E-state index contributed by atoms with van der Waals surface area (Å²) in [4.78, 5) is 12.2. The molecule has 2 heterocycles. The first-order valence-electron chi connectivity index (χ1n) is 10.1. The van der Waals surface area contributed by atoms with Crippen molar-refractivity contribution in [2.45, 2.75) is 77.4 Å². The van der Waals surface area contributed by atoms with Gasteiger partial charge < -0.3 is 10.2 Å². The highest BCUT2D eigenvalue weighted by Gasteiger charge is 2.25. The van der Waals surface area contributed by atoms with Gasteiger partial charge in [-0.05, 0) is 37.3 Å². The Morgan fingerprint density at radius 1 is 1.08 bits per heavy atom. The van der Waals surface area contributed by atoms with Gasteiger partial charge in [0, 0.05) is 30.6 Å². The van der Waals surface area contributed by atoms with Crippen molar-refractivity contribution in [2.75, 3.05) is 10.2 Å². The van der Waals surface area contributed by atoms with Crippen molar-refractivity contribution >= 4 is 11.6 Å². The molecule has 138 valence electrons. The van der Waals surface area contributed by atoms with Gasteiger partial charge in [0.05, 0.1) is 0 Å². The maximum atomic E-state index is 4.93. The quantitative estimate of drug-likeness (QED) is 0.851. The predicted octanol–water partition coefficient (Wildman–Crippen LogP) is 4.91. The van der Waals surface area contributed by atoms with E-state index in [1.54, 1.807) is 0 Å². The van der Waals surface area contributed by atoms with Crippen LogP contribution in [0.5, 0.6) is 0 Å². The third-order valence-electron chi connectivity index (χ3n) is 5.75. The SMILES string of the molecule is CC(C)c1nc(NC2CCCC2)cc(N2Cc3ccccc3C[C@H]2C)n1. The van der Waals surface area contributed by atoms with Gasteiger partial charge in [0.2, 0.25) is 0 Å². The predicted molar refractivity (Wildman–Crippen MR) is 108 cm³/mol. The molecule has 0 unspecified atom stereocenters. The van der Waals surface area contributed by atoms with E-state index in [4.69, 9.17) is 9.97 Å². The van der Waals surface area contributed by atoms with Gasteiger partial charge in [0.15, 0.2) is 0 Å². The van der Waals surface area contributed by atoms with E-state index >= 15 is 0 Å². The lowest BCUT2D eigenvalue weighted by Crippen LogP contribution is -2.39. The number of hydrogen-bond acceptors (Lipinski definition) is 4. The first-order chi connectivity index (χ1) is 12.6. The van der Waals surface area contributed by atoms with Gasteiger partial charge in [-0.1, -0.05) is 51.0 Å². The lowest BCUT2D eigenvalue weighted by Gasteiger charge is -2.36. The summed E-state index contributed by atoms with van der Waals surface area (Å²) in [5.41, 5.74) is 2.89. The van der Waals surface area contributed by atoms with Crippen LogP contribution in [-0.4, -0.2) is 22.1 Å². The molecule has 1 aromatic heterocycles. The second-order valence-electron chi connectivity index (χ2n) is 8.20. The number of hydrogen-bond donors (Lipinski definition) is 1. The summed E-state index contributed by atoms with van der Waals surface area (Å²) in [6, 6.07) is 12.0. The Morgan fingerprint density at radius 2 is 1.81 bits per heavy atom. The molecule has 1 aliphatic heterocycles. The normalized spacial score (nSPS) is 20.5. The zero-order chi connectivity index (χ0) is 18.1. The smallest absolute Gasteiger partial charge is 0.135 e. The summed E-state index contributed by atoms with van der Waals surface area (Å²) < 4.78 is 0. The molecule has 0 amide bonds. The monoisotopic (exact) mass is 350 g/mol. The van der Waals surface area contributed by atoms with Crippen molar-refractivity contribution in [3.63, 3.8) is 0 Å². The molecule has 1 aliphatic carbocycles. The van der Waals surface area contributed by atoms with E-state index in [1.807, 2.05) is 0 Å². The standard InChI is InChI=1S/C22H30N4/c1-15(2)22-24-20(23-19-10-6-7-11-19)13-21(25-22)26-14-18-9-5-4-8-17(18)12-16(26)3/h4-5,8-9,13,15-16,19H,6-7,10-12,14H2,1-3H3,(H,23,24,25)/t16-/m1/s1. The van der Waals surface area contributed by atoms with Crippen molar-refractivity contribution < 1.29 is 0 Å². The van der Waals surface area contributed by atoms with Gasteiger partial charge in [0.1, 0.15) is 17.5 Å². The first kappa shape index (κ1) is 17.3. The Balaban J connectivity index is 1.65. The molecule has 1 atom stereocenters. The summed E-state index contributed by atoms with van der Waals surface area (Å²) in [6.07, 6.45) is 6.23. The molecule has 0 bridgehead atoms. The maximum absolute atomic E-state index is 4.93. The third kappa shape index (κ3) is 3.55. The second kappa shape index (κ2) is 7.26. The largest absolute Gasteiger partial charge is 0.367 e. The lowest BCUT2D eigenvalue weighted by atomic mass is 9.95. The summed E-state index contributed by atoms with van der Waals surface area (Å²) >= 11 is 0.